The number of carboxylic acid groups (broad SMARTS) is 1. The second kappa shape index (κ2) is 6.88. The van der Waals surface area contributed by atoms with Gasteiger partial charge >= 0.3 is 5.97 Å². The van der Waals surface area contributed by atoms with Crippen molar-refractivity contribution >= 4 is 22.6 Å². The Morgan fingerprint density at radius 1 is 0.962 bits per heavy atom. The van der Waals surface area contributed by atoms with Crippen LogP contribution in [0.15, 0.2) is 66.7 Å². The number of phenols is 1. The van der Waals surface area contributed by atoms with Crippen molar-refractivity contribution in [1.82, 2.24) is 5.32 Å². The maximum atomic E-state index is 12.8. The number of nitrogens with one attached hydrogen (secondary N) is 1. The van der Waals surface area contributed by atoms with Crippen molar-refractivity contribution < 1.29 is 19.8 Å². The smallest absolute Gasteiger partial charge is 0.334 e. The van der Waals surface area contributed by atoms with Crippen molar-refractivity contribution in [2.75, 3.05) is 0 Å². The van der Waals surface area contributed by atoms with Crippen molar-refractivity contribution in [2.45, 2.75) is 18.9 Å². The van der Waals surface area contributed by atoms with Crippen LogP contribution in [0.4, 0.5) is 0 Å². The van der Waals surface area contributed by atoms with E-state index in [9.17, 15) is 19.8 Å². The quantitative estimate of drug-likeness (QED) is 0.656. The third-order valence-electron chi connectivity index (χ3n) is 4.63. The summed E-state index contributed by atoms with van der Waals surface area (Å²) in [6, 6.07) is 18.9. The van der Waals surface area contributed by atoms with Crippen LogP contribution in [-0.2, 0) is 10.3 Å². The average molecular weight is 349 g/mol. The van der Waals surface area contributed by atoms with Crippen LogP contribution in [0.5, 0.6) is 5.75 Å². The van der Waals surface area contributed by atoms with Crippen molar-refractivity contribution in [1.29, 1.82) is 0 Å². The van der Waals surface area contributed by atoms with Gasteiger partial charge in [0.2, 0.25) is 0 Å². The van der Waals surface area contributed by atoms with E-state index in [1.54, 1.807) is 55.5 Å². The van der Waals surface area contributed by atoms with Gasteiger partial charge in [0.1, 0.15) is 5.75 Å². The topological polar surface area (TPSA) is 86.6 Å². The molecule has 0 aliphatic rings. The lowest BCUT2D eigenvalue weighted by atomic mass is 9.86. The molecule has 0 radical (unpaired) electrons. The van der Waals surface area contributed by atoms with Gasteiger partial charge in [-0.2, -0.15) is 0 Å². The van der Waals surface area contributed by atoms with E-state index in [0.717, 1.165) is 5.39 Å². The number of aromatic hydroxyl groups is 1. The second-order valence-electron chi connectivity index (χ2n) is 6.07. The van der Waals surface area contributed by atoms with Crippen molar-refractivity contribution in [3.8, 4) is 5.75 Å². The summed E-state index contributed by atoms with van der Waals surface area (Å²) in [5.41, 5.74) is -1.06. The van der Waals surface area contributed by atoms with Gasteiger partial charge < -0.3 is 15.5 Å². The first-order chi connectivity index (χ1) is 12.5. The SMILES string of the molecule is CCC(NC(=O)c1ccc2ccccc2c1O)(C(=O)O)c1ccccc1. The first-order valence-electron chi connectivity index (χ1n) is 8.31. The Balaban J connectivity index is 2.04. The number of fused-ring (bicyclic) bond motifs is 1. The highest BCUT2D eigenvalue weighted by Gasteiger charge is 2.40. The van der Waals surface area contributed by atoms with Crippen LogP contribution < -0.4 is 5.32 Å². The number of benzene rings is 3. The van der Waals surface area contributed by atoms with E-state index in [1.165, 1.54) is 6.07 Å². The zero-order chi connectivity index (χ0) is 18.7. The molecule has 0 saturated carbocycles. The number of carboxylic acids is 1. The fraction of sp³-hybridized carbons (Fsp3) is 0.143. The van der Waals surface area contributed by atoms with Crippen molar-refractivity contribution in [3.63, 3.8) is 0 Å². The Bertz CT molecular complexity index is 968. The van der Waals surface area contributed by atoms with Crippen LogP contribution in [0, 0.1) is 0 Å². The van der Waals surface area contributed by atoms with E-state index in [1.807, 2.05) is 12.1 Å². The third kappa shape index (κ3) is 2.88. The lowest BCUT2D eigenvalue weighted by Crippen LogP contribution is -2.51. The van der Waals surface area contributed by atoms with Gasteiger partial charge in [-0.25, -0.2) is 4.79 Å². The first-order valence-corrected chi connectivity index (χ1v) is 8.31. The fourth-order valence-corrected chi connectivity index (χ4v) is 3.12. The molecule has 0 aliphatic heterocycles. The summed E-state index contributed by atoms with van der Waals surface area (Å²) >= 11 is 0. The third-order valence-corrected chi connectivity index (χ3v) is 4.63. The zero-order valence-electron chi connectivity index (χ0n) is 14.3. The Morgan fingerprint density at radius 3 is 2.27 bits per heavy atom. The van der Waals surface area contributed by atoms with E-state index in [2.05, 4.69) is 5.32 Å². The fourth-order valence-electron chi connectivity index (χ4n) is 3.12. The molecule has 1 atom stereocenters. The van der Waals surface area contributed by atoms with E-state index in [-0.39, 0.29) is 17.7 Å². The molecule has 0 spiro atoms. The molecule has 0 aliphatic carbocycles. The second-order valence-corrected chi connectivity index (χ2v) is 6.07. The Labute approximate surface area is 150 Å². The molecule has 0 aromatic heterocycles. The summed E-state index contributed by atoms with van der Waals surface area (Å²) in [7, 11) is 0. The number of carbonyl (C=O) groups is 2. The summed E-state index contributed by atoms with van der Waals surface area (Å²) in [6.45, 7) is 1.70. The molecule has 0 bridgehead atoms. The summed E-state index contributed by atoms with van der Waals surface area (Å²) < 4.78 is 0. The van der Waals surface area contributed by atoms with Crippen LogP contribution in [0.1, 0.15) is 29.3 Å². The normalized spacial score (nSPS) is 13.1. The first kappa shape index (κ1) is 17.5. The summed E-state index contributed by atoms with van der Waals surface area (Å²) in [4.78, 5) is 24.9. The molecular weight excluding hydrogens is 330 g/mol. The minimum Gasteiger partial charge on any atom is -0.506 e. The minimum atomic E-state index is -1.57. The maximum absolute atomic E-state index is 12.8. The van der Waals surface area contributed by atoms with Gasteiger partial charge in [-0.1, -0.05) is 67.6 Å². The van der Waals surface area contributed by atoms with Crippen molar-refractivity contribution in [2.24, 2.45) is 0 Å². The molecular formula is C21H19NO4. The highest BCUT2D eigenvalue weighted by molar-refractivity contribution is 6.05. The number of amides is 1. The molecule has 26 heavy (non-hydrogen) atoms. The predicted molar refractivity (Wildman–Crippen MR) is 99.1 cm³/mol. The molecule has 0 saturated heterocycles. The van der Waals surface area contributed by atoms with Gasteiger partial charge in [0.25, 0.3) is 5.91 Å². The van der Waals surface area contributed by atoms with Gasteiger partial charge in [0.05, 0.1) is 5.56 Å². The zero-order valence-corrected chi connectivity index (χ0v) is 14.3. The van der Waals surface area contributed by atoms with Gasteiger partial charge in [-0.05, 0) is 23.4 Å². The molecule has 0 heterocycles. The van der Waals surface area contributed by atoms with Crippen LogP contribution in [-0.4, -0.2) is 22.1 Å². The highest BCUT2D eigenvalue weighted by Crippen LogP contribution is 2.31. The van der Waals surface area contributed by atoms with Crippen LogP contribution in [0.3, 0.4) is 0 Å². The Morgan fingerprint density at radius 2 is 1.62 bits per heavy atom. The van der Waals surface area contributed by atoms with E-state index in [0.29, 0.717) is 10.9 Å². The van der Waals surface area contributed by atoms with Crippen LogP contribution >= 0.6 is 0 Å². The monoisotopic (exact) mass is 349 g/mol. The Hall–Kier alpha value is -3.34. The minimum absolute atomic E-state index is 0.0405. The van der Waals surface area contributed by atoms with E-state index in [4.69, 9.17) is 0 Å². The predicted octanol–water partition coefficient (Wildman–Crippen LogP) is 3.67. The lowest BCUT2D eigenvalue weighted by Gasteiger charge is -2.30. The molecule has 0 fully saturated rings. The number of rotatable bonds is 5. The molecule has 3 N–H and O–H groups in total. The van der Waals surface area contributed by atoms with Gasteiger partial charge in [0.15, 0.2) is 5.54 Å². The molecule has 3 rings (SSSR count). The summed E-state index contributed by atoms with van der Waals surface area (Å²) in [6.07, 6.45) is 0.159. The summed E-state index contributed by atoms with van der Waals surface area (Å²) in [5.74, 6) is -1.95. The summed E-state index contributed by atoms with van der Waals surface area (Å²) in [5, 5.41) is 24.3. The number of aliphatic carboxylic acids is 1. The largest absolute Gasteiger partial charge is 0.506 e. The van der Waals surface area contributed by atoms with Crippen molar-refractivity contribution in [3.05, 3.63) is 77.9 Å². The molecule has 3 aromatic rings. The number of carbonyl (C=O) groups excluding carboxylic acids is 1. The van der Waals surface area contributed by atoms with Gasteiger partial charge in [-0.3, -0.25) is 4.79 Å². The maximum Gasteiger partial charge on any atom is 0.334 e. The highest BCUT2D eigenvalue weighted by atomic mass is 16.4. The Kier molecular flexibility index (Phi) is 4.63. The lowest BCUT2D eigenvalue weighted by molar-refractivity contribution is -0.145. The number of phenolic OH excluding ortho intramolecular Hbond substituents is 1. The average Bonchev–Trinajstić information content (AvgIpc) is 2.67. The van der Waals surface area contributed by atoms with Crippen LogP contribution in [0.2, 0.25) is 0 Å². The standard InChI is InChI=1S/C21H19NO4/c1-2-21(20(25)26,15-9-4-3-5-10-15)22-19(24)17-13-12-14-8-6-7-11-16(14)18(17)23/h3-13,23H,2H2,1H3,(H,22,24)(H,25,26). The molecule has 1 unspecified atom stereocenters. The molecule has 132 valence electrons. The van der Waals surface area contributed by atoms with E-state index >= 15 is 0 Å². The molecule has 1 amide bonds. The van der Waals surface area contributed by atoms with Gasteiger partial charge in [0, 0.05) is 5.39 Å². The molecule has 3 aromatic carbocycles. The molecule has 5 nitrogen and oxygen atoms in total. The number of hydrogen-bond acceptors (Lipinski definition) is 3. The van der Waals surface area contributed by atoms with Gasteiger partial charge in [-0.15, -0.1) is 0 Å². The molecule has 5 heteroatoms. The number of hydrogen-bond donors (Lipinski definition) is 3. The van der Waals surface area contributed by atoms with Crippen LogP contribution in [0.25, 0.3) is 10.8 Å². The van der Waals surface area contributed by atoms with E-state index < -0.39 is 17.4 Å².